The molecule has 1 aromatic carbocycles. The zero-order chi connectivity index (χ0) is 10.4. The zero-order valence-corrected chi connectivity index (χ0v) is 8.48. The summed E-state index contributed by atoms with van der Waals surface area (Å²) in [7, 11) is 1.49. The van der Waals surface area contributed by atoms with E-state index in [2.05, 4.69) is 10.3 Å². The molecule has 0 aliphatic carbocycles. The molecule has 0 aliphatic rings. The second-order valence-corrected chi connectivity index (χ2v) is 3.54. The predicted molar refractivity (Wildman–Crippen MR) is 52.2 cm³/mol. The zero-order valence-electron chi connectivity index (χ0n) is 7.67. The third-order valence-electron chi connectivity index (χ3n) is 1.60. The maximum absolute atomic E-state index is 12.1. The van der Waals surface area contributed by atoms with Gasteiger partial charge in [-0.15, -0.1) is 0 Å². The monoisotopic (exact) mass is 219 g/mol. The minimum absolute atomic E-state index is 0.423. The SMILES string of the molecule is CONCc1ccccc1SC(F)F. The molecule has 5 heteroatoms. The van der Waals surface area contributed by atoms with Crippen LogP contribution in [-0.4, -0.2) is 12.9 Å². The highest BCUT2D eigenvalue weighted by molar-refractivity contribution is 7.99. The van der Waals surface area contributed by atoms with Crippen molar-refractivity contribution in [3.63, 3.8) is 0 Å². The van der Waals surface area contributed by atoms with Crippen LogP contribution in [0.5, 0.6) is 0 Å². The fourth-order valence-electron chi connectivity index (χ4n) is 1.01. The van der Waals surface area contributed by atoms with Gasteiger partial charge in [-0.3, -0.25) is 0 Å². The highest BCUT2D eigenvalue weighted by Gasteiger charge is 2.08. The van der Waals surface area contributed by atoms with Crippen molar-refractivity contribution in [1.29, 1.82) is 0 Å². The fourth-order valence-corrected chi connectivity index (χ4v) is 1.65. The summed E-state index contributed by atoms with van der Waals surface area (Å²) in [4.78, 5) is 5.23. The summed E-state index contributed by atoms with van der Waals surface area (Å²) < 4.78 is 24.3. The van der Waals surface area contributed by atoms with E-state index in [1.807, 2.05) is 6.07 Å². The molecule has 0 fully saturated rings. The third-order valence-corrected chi connectivity index (χ3v) is 2.43. The number of benzene rings is 1. The van der Waals surface area contributed by atoms with Gasteiger partial charge in [0, 0.05) is 11.4 Å². The van der Waals surface area contributed by atoms with Crippen LogP contribution in [0.2, 0.25) is 0 Å². The van der Waals surface area contributed by atoms with Crippen LogP contribution in [0.25, 0.3) is 0 Å². The van der Waals surface area contributed by atoms with Crippen LogP contribution in [0.1, 0.15) is 5.56 Å². The highest BCUT2D eigenvalue weighted by atomic mass is 32.2. The number of thioether (sulfide) groups is 1. The second-order valence-electron chi connectivity index (χ2n) is 2.51. The molecule has 0 saturated heterocycles. The molecule has 1 aromatic rings. The Kier molecular flexibility index (Phi) is 4.86. The summed E-state index contributed by atoms with van der Waals surface area (Å²) in [5, 5.41) is 0. The first kappa shape index (κ1) is 11.4. The van der Waals surface area contributed by atoms with Crippen LogP contribution in [0.15, 0.2) is 29.2 Å². The Morgan fingerprint density at radius 1 is 1.43 bits per heavy atom. The fraction of sp³-hybridized carbons (Fsp3) is 0.333. The quantitative estimate of drug-likeness (QED) is 0.607. The highest BCUT2D eigenvalue weighted by Crippen LogP contribution is 2.28. The van der Waals surface area contributed by atoms with E-state index in [-0.39, 0.29) is 0 Å². The summed E-state index contributed by atoms with van der Waals surface area (Å²) in [6.45, 7) is 0.423. The van der Waals surface area contributed by atoms with Gasteiger partial charge in [0.1, 0.15) is 0 Å². The molecule has 0 atom stereocenters. The summed E-state index contributed by atoms with van der Waals surface area (Å²) >= 11 is 0.547. The van der Waals surface area contributed by atoms with Crippen molar-refractivity contribution in [3.05, 3.63) is 29.8 Å². The third kappa shape index (κ3) is 3.61. The van der Waals surface area contributed by atoms with Gasteiger partial charge in [-0.1, -0.05) is 30.0 Å². The first-order valence-electron chi connectivity index (χ1n) is 4.02. The van der Waals surface area contributed by atoms with Crippen molar-refractivity contribution in [2.24, 2.45) is 0 Å². The molecule has 78 valence electrons. The van der Waals surface area contributed by atoms with Crippen LogP contribution in [0.3, 0.4) is 0 Å². The molecule has 0 aromatic heterocycles. The number of nitrogens with one attached hydrogen (secondary N) is 1. The lowest BCUT2D eigenvalue weighted by Gasteiger charge is -2.08. The molecular weight excluding hydrogens is 208 g/mol. The summed E-state index contributed by atoms with van der Waals surface area (Å²) in [6.07, 6.45) is 0. The average molecular weight is 219 g/mol. The number of hydrogen-bond donors (Lipinski definition) is 1. The van der Waals surface area contributed by atoms with Crippen LogP contribution in [-0.2, 0) is 11.4 Å². The Morgan fingerprint density at radius 3 is 2.79 bits per heavy atom. The Labute approximate surface area is 85.6 Å². The van der Waals surface area contributed by atoms with Gasteiger partial charge in [-0.05, 0) is 11.6 Å². The van der Waals surface area contributed by atoms with E-state index in [9.17, 15) is 8.78 Å². The topological polar surface area (TPSA) is 21.3 Å². The summed E-state index contributed by atoms with van der Waals surface area (Å²) in [5.74, 6) is -2.39. The molecule has 0 saturated carbocycles. The molecule has 0 aliphatic heterocycles. The molecule has 2 nitrogen and oxygen atoms in total. The van der Waals surface area contributed by atoms with Gasteiger partial charge in [-0.2, -0.15) is 14.3 Å². The summed E-state index contributed by atoms with van der Waals surface area (Å²) in [6, 6.07) is 7.00. The number of rotatable bonds is 5. The van der Waals surface area contributed by atoms with Crippen LogP contribution >= 0.6 is 11.8 Å². The van der Waals surface area contributed by atoms with Crippen molar-refractivity contribution in [2.75, 3.05) is 7.11 Å². The molecule has 0 bridgehead atoms. The van der Waals surface area contributed by atoms with Crippen LogP contribution in [0, 0.1) is 0 Å². The molecule has 1 N–H and O–H groups in total. The van der Waals surface area contributed by atoms with E-state index < -0.39 is 5.76 Å². The minimum atomic E-state index is -2.39. The van der Waals surface area contributed by atoms with E-state index in [1.54, 1.807) is 18.2 Å². The first-order valence-corrected chi connectivity index (χ1v) is 4.90. The molecule has 0 heterocycles. The number of hydroxylamine groups is 1. The maximum atomic E-state index is 12.1. The first-order chi connectivity index (χ1) is 6.74. The molecule has 0 amide bonds. The van der Waals surface area contributed by atoms with E-state index in [4.69, 9.17) is 0 Å². The number of alkyl halides is 2. The Balaban J connectivity index is 2.69. The molecule has 1 rings (SSSR count). The number of hydrogen-bond acceptors (Lipinski definition) is 3. The number of halogens is 2. The van der Waals surface area contributed by atoms with Gasteiger partial charge in [-0.25, -0.2) is 0 Å². The lowest BCUT2D eigenvalue weighted by Crippen LogP contribution is -2.11. The standard InChI is InChI=1S/C9H11F2NOS/c1-13-12-6-7-4-2-3-5-8(7)14-9(10)11/h2-5,9,12H,6H2,1H3. The van der Waals surface area contributed by atoms with Crippen molar-refractivity contribution >= 4 is 11.8 Å². The lowest BCUT2D eigenvalue weighted by atomic mass is 10.2. The second kappa shape index (κ2) is 5.95. The van der Waals surface area contributed by atoms with Gasteiger partial charge < -0.3 is 4.84 Å². The Hall–Kier alpha value is -0.650. The Bertz CT molecular complexity index is 283. The lowest BCUT2D eigenvalue weighted by molar-refractivity contribution is 0.0862. The van der Waals surface area contributed by atoms with E-state index in [0.717, 1.165) is 5.56 Å². The summed E-state index contributed by atoms with van der Waals surface area (Å²) in [5.41, 5.74) is 3.43. The van der Waals surface area contributed by atoms with Gasteiger partial charge >= 0.3 is 0 Å². The van der Waals surface area contributed by atoms with Crippen molar-refractivity contribution in [2.45, 2.75) is 17.2 Å². The van der Waals surface area contributed by atoms with Gasteiger partial charge in [0.2, 0.25) is 0 Å². The van der Waals surface area contributed by atoms with E-state index >= 15 is 0 Å². The molecular formula is C9H11F2NOS. The largest absolute Gasteiger partial charge is 0.305 e. The smallest absolute Gasteiger partial charge is 0.288 e. The van der Waals surface area contributed by atoms with Gasteiger partial charge in [0.05, 0.1) is 7.11 Å². The normalized spacial score (nSPS) is 10.9. The molecule has 0 unspecified atom stereocenters. The molecule has 0 spiro atoms. The van der Waals surface area contributed by atoms with Crippen molar-refractivity contribution in [1.82, 2.24) is 5.48 Å². The Morgan fingerprint density at radius 2 is 2.14 bits per heavy atom. The molecule has 14 heavy (non-hydrogen) atoms. The van der Waals surface area contributed by atoms with Crippen LogP contribution in [0.4, 0.5) is 8.78 Å². The van der Waals surface area contributed by atoms with Gasteiger partial charge in [0.15, 0.2) is 0 Å². The van der Waals surface area contributed by atoms with Gasteiger partial charge in [0.25, 0.3) is 5.76 Å². The van der Waals surface area contributed by atoms with Crippen LogP contribution < -0.4 is 5.48 Å². The average Bonchev–Trinajstić information content (AvgIpc) is 2.16. The van der Waals surface area contributed by atoms with E-state index in [1.165, 1.54) is 7.11 Å². The molecule has 0 radical (unpaired) electrons. The van der Waals surface area contributed by atoms with E-state index in [0.29, 0.717) is 23.2 Å². The van der Waals surface area contributed by atoms with Crippen molar-refractivity contribution < 1.29 is 13.6 Å². The maximum Gasteiger partial charge on any atom is 0.288 e. The predicted octanol–water partition coefficient (Wildman–Crippen LogP) is 2.65. The van der Waals surface area contributed by atoms with Crippen molar-refractivity contribution in [3.8, 4) is 0 Å². The minimum Gasteiger partial charge on any atom is -0.305 e.